The van der Waals surface area contributed by atoms with Gasteiger partial charge in [-0.05, 0) is 24.3 Å². The number of rotatable bonds is 2. The minimum atomic E-state index is 0.296. The molecular formula is C16H9ClN4O. The molecule has 0 atom stereocenters. The average molecular weight is 309 g/mol. The molecule has 5 nitrogen and oxygen atoms in total. The molecule has 0 saturated carbocycles. The third kappa shape index (κ3) is 2.21. The number of halogens is 1. The van der Waals surface area contributed by atoms with Crippen LogP contribution in [0.1, 0.15) is 0 Å². The first-order chi connectivity index (χ1) is 10.8. The normalized spacial score (nSPS) is 11.0. The Morgan fingerprint density at radius 3 is 2.77 bits per heavy atom. The molecule has 0 aliphatic carbocycles. The summed E-state index contributed by atoms with van der Waals surface area (Å²) in [5, 5.41) is 1.22. The van der Waals surface area contributed by atoms with Crippen molar-refractivity contribution in [3.63, 3.8) is 0 Å². The van der Waals surface area contributed by atoms with Gasteiger partial charge in [-0.1, -0.05) is 17.7 Å². The molecule has 6 heteroatoms. The van der Waals surface area contributed by atoms with Crippen molar-refractivity contribution in [1.29, 1.82) is 0 Å². The molecule has 0 bridgehead atoms. The second-order valence-corrected chi connectivity index (χ2v) is 4.99. The molecule has 1 aromatic carbocycles. The van der Waals surface area contributed by atoms with Crippen LogP contribution in [0, 0.1) is 0 Å². The largest absolute Gasteiger partial charge is 0.454 e. The van der Waals surface area contributed by atoms with E-state index in [-0.39, 0.29) is 0 Å². The van der Waals surface area contributed by atoms with E-state index in [1.165, 1.54) is 6.20 Å². The van der Waals surface area contributed by atoms with E-state index in [1.54, 1.807) is 18.5 Å². The zero-order valence-corrected chi connectivity index (χ0v) is 12.0. The van der Waals surface area contributed by atoms with Crippen LogP contribution in [-0.2, 0) is 0 Å². The minimum absolute atomic E-state index is 0.296. The molecule has 0 radical (unpaired) electrons. The van der Waals surface area contributed by atoms with Gasteiger partial charge >= 0.3 is 0 Å². The number of ether oxygens (including phenoxy) is 1. The maximum absolute atomic E-state index is 6.02. The van der Waals surface area contributed by atoms with Crippen molar-refractivity contribution in [2.45, 2.75) is 0 Å². The maximum Gasteiger partial charge on any atom is 0.182 e. The van der Waals surface area contributed by atoms with Gasteiger partial charge in [0.2, 0.25) is 0 Å². The highest BCUT2D eigenvalue weighted by molar-refractivity contribution is 6.29. The summed E-state index contributed by atoms with van der Waals surface area (Å²) in [6, 6.07) is 11.3. The third-order valence-corrected chi connectivity index (χ3v) is 3.39. The Kier molecular flexibility index (Phi) is 3.05. The van der Waals surface area contributed by atoms with Gasteiger partial charge < -0.3 is 4.74 Å². The molecule has 3 aromatic heterocycles. The van der Waals surface area contributed by atoms with E-state index < -0.39 is 0 Å². The molecule has 0 aliphatic rings. The summed E-state index contributed by atoms with van der Waals surface area (Å²) in [7, 11) is 0. The summed E-state index contributed by atoms with van der Waals surface area (Å²) >= 11 is 5.92. The van der Waals surface area contributed by atoms with Crippen molar-refractivity contribution < 1.29 is 4.74 Å². The molecule has 0 aliphatic heterocycles. The molecule has 4 aromatic rings. The molecule has 3 heterocycles. The summed E-state index contributed by atoms with van der Waals surface area (Å²) in [6.45, 7) is 0. The number of nitrogens with zero attached hydrogens (tertiary/aromatic N) is 4. The van der Waals surface area contributed by atoms with Gasteiger partial charge in [0, 0.05) is 23.8 Å². The highest BCUT2D eigenvalue weighted by Gasteiger charge is 2.10. The number of pyridine rings is 2. The first-order valence-corrected chi connectivity index (χ1v) is 6.98. The smallest absolute Gasteiger partial charge is 0.182 e. The molecule has 0 spiro atoms. The Hall–Kier alpha value is -2.79. The zero-order valence-electron chi connectivity index (χ0n) is 11.3. The summed E-state index contributed by atoms with van der Waals surface area (Å²) in [5.74, 6) is 1.25. The summed E-state index contributed by atoms with van der Waals surface area (Å²) in [5.41, 5.74) is 1.87. The molecular weight excluding hydrogens is 300 g/mol. The van der Waals surface area contributed by atoms with Crippen molar-refractivity contribution in [3.05, 3.63) is 60.1 Å². The lowest BCUT2D eigenvalue weighted by Crippen LogP contribution is -1.93. The van der Waals surface area contributed by atoms with Crippen molar-refractivity contribution in [2.24, 2.45) is 0 Å². The Morgan fingerprint density at radius 1 is 0.864 bits per heavy atom. The highest BCUT2D eigenvalue weighted by atomic mass is 35.5. The second kappa shape index (κ2) is 5.20. The predicted octanol–water partition coefficient (Wildman–Crippen LogP) is 4.02. The van der Waals surface area contributed by atoms with Crippen molar-refractivity contribution in [3.8, 4) is 11.5 Å². The predicted molar refractivity (Wildman–Crippen MR) is 84.2 cm³/mol. The molecule has 0 N–H and O–H groups in total. The summed E-state index contributed by atoms with van der Waals surface area (Å²) < 4.78 is 6.02. The lowest BCUT2D eigenvalue weighted by molar-refractivity contribution is 0.492. The van der Waals surface area contributed by atoms with E-state index in [1.807, 2.05) is 30.3 Å². The SMILES string of the molecule is Clc1cnc2nccc(Oc3cccc4ncccc34)c2n1. The van der Waals surface area contributed by atoms with Gasteiger partial charge in [0.1, 0.15) is 10.9 Å². The molecule has 4 rings (SSSR count). The molecule has 0 unspecified atom stereocenters. The van der Waals surface area contributed by atoms with Gasteiger partial charge in [-0.25, -0.2) is 15.0 Å². The topological polar surface area (TPSA) is 60.8 Å². The van der Waals surface area contributed by atoms with Crippen LogP contribution in [0.15, 0.2) is 55.0 Å². The zero-order chi connectivity index (χ0) is 14.9. The van der Waals surface area contributed by atoms with Crippen LogP contribution >= 0.6 is 11.6 Å². The van der Waals surface area contributed by atoms with E-state index in [4.69, 9.17) is 16.3 Å². The molecule has 106 valence electrons. The standard InChI is InChI=1S/C16H9ClN4O/c17-14-9-20-16-15(21-14)13(6-8-19-16)22-12-5-1-4-11-10(12)3-2-7-18-11/h1-9H. The molecule has 0 saturated heterocycles. The van der Waals surface area contributed by atoms with Crippen LogP contribution in [0.25, 0.3) is 22.1 Å². The second-order valence-electron chi connectivity index (χ2n) is 4.60. The monoisotopic (exact) mass is 308 g/mol. The number of benzene rings is 1. The maximum atomic E-state index is 6.02. The number of aromatic nitrogens is 4. The minimum Gasteiger partial charge on any atom is -0.454 e. The molecule has 0 fully saturated rings. The lowest BCUT2D eigenvalue weighted by atomic mass is 10.2. The van der Waals surface area contributed by atoms with Crippen molar-refractivity contribution in [2.75, 3.05) is 0 Å². The van der Waals surface area contributed by atoms with Gasteiger partial charge in [-0.2, -0.15) is 0 Å². The number of hydrogen-bond acceptors (Lipinski definition) is 5. The van der Waals surface area contributed by atoms with Crippen molar-refractivity contribution in [1.82, 2.24) is 19.9 Å². The average Bonchev–Trinajstić information content (AvgIpc) is 2.56. The number of hydrogen-bond donors (Lipinski definition) is 0. The highest BCUT2D eigenvalue weighted by Crippen LogP contribution is 2.31. The third-order valence-electron chi connectivity index (χ3n) is 3.21. The van der Waals surface area contributed by atoms with Crippen LogP contribution in [0.4, 0.5) is 0 Å². The summed E-state index contributed by atoms with van der Waals surface area (Å²) in [4.78, 5) is 16.9. The fourth-order valence-corrected chi connectivity index (χ4v) is 2.37. The van der Waals surface area contributed by atoms with Gasteiger partial charge in [0.05, 0.1) is 11.7 Å². The lowest BCUT2D eigenvalue weighted by Gasteiger charge is -2.09. The fourth-order valence-electron chi connectivity index (χ4n) is 2.24. The molecule has 22 heavy (non-hydrogen) atoms. The van der Waals surface area contributed by atoms with Crippen LogP contribution in [0.2, 0.25) is 5.15 Å². The van der Waals surface area contributed by atoms with Crippen LogP contribution in [0.5, 0.6) is 11.5 Å². The van der Waals surface area contributed by atoms with E-state index >= 15 is 0 Å². The number of fused-ring (bicyclic) bond motifs is 2. The van der Waals surface area contributed by atoms with Crippen LogP contribution in [-0.4, -0.2) is 19.9 Å². The van der Waals surface area contributed by atoms with Gasteiger partial charge in [0.15, 0.2) is 16.9 Å². The first kappa shape index (κ1) is 12.9. The Morgan fingerprint density at radius 2 is 1.82 bits per heavy atom. The van der Waals surface area contributed by atoms with Gasteiger partial charge in [-0.15, -0.1) is 0 Å². The Labute approximate surface area is 130 Å². The van der Waals surface area contributed by atoms with Crippen molar-refractivity contribution >= 4 is 33.7 Å². The van der Waals surface area contributed by atoms with E-state index in [0.717, 1.165) is 10.9 Å². The van der Waals surface area contributed by atoms with Gasteiger partial charge in [-0.3, -0.25) is 4.98 Å². The van der Waals surface area contributed by atoms with Gasteiger partial charge in [0.25, 0.3) is 0 Å². The van der Waals surface area contributed by atoms with Crippen LogP contribution < -0.4 is 4.74 Å². The van der Waals surface area contributed by atoms with E-state index in [2.05, 4.69) is 19.9 Å². The van der Waals surface area contributed by atoms with Crippen LogP contribution in [0.3, 0.4) is 0 Å². The van der Waals surface area contributed by atoms with E-state index in [0.29, 0.717) is 27.8 Å². The first-order valence-electron chi connectivity index (χ1n) is 6.60. The Bertz CT molecular complexity index is 985. The fraction of sp³-hybridized carbons (Fsp3) is 0. The quantitative estimate of drug-likeness (QED) is 0.559. The summed E-state index contributed by atoms with van der Waals surface area (Å²) in [6.07, 6.45) is 4.84. The molecule has 0 amide bonds. The van der Waals surface area contributed by atoms with E-state index in [9.17, 15) is 0 Å². The Balaban J connectivity index is 1.88.